The van der Waals surface area contributed by atoms with Crippen LogP contribution in [0.4, 0.5) is 0 Å². The summed E-state index contributed by atoms with van der Waals surface area (Å²) in [5, 5.41) is 7.59. The van der Waals surface area contributed by atoms with Crippen molar-refractivity contribution in [1.29, 1.82) is 0 Å². The van der Waals surface area contributed by atoms with Gasteiger partial charge < -0.3 is 10.1 Å². The molecule has 0 saturated carbocycles. The highest BCUT2D eigenvalue weighted by Crippen LogP contribution is 2.12. The molecule has 0 saturated heterocycles. The lowest BCUT2D eigenvalue weighted by Crippen LogP contribution is -2.19. The smallest absolute Gasteiger partial charge is 0.0690 e. The molecule has 0 fully saturated rings. The summed E-state index contributed by atoms with van der Waals surface area (Å²) in [5.41, 5.74) is 2.34. The molecule has 0 radical (unpaired) electrons. The second-order valence-corrected chi connectivity index (χ2v) is 3.75. The second kappa shape index (κ2) is 6.18. The largest absolute Gasteiger partial charge is 0.383 e. The fourth-order valence-electron chi connectivity index (χ4n) is 1.69. The first-order valence-electron chi connectivity index (χ1n) is 5.69. The van der Waals surface area contributed by atoms with Gasteiger partial charge in [-0.1, -0.05) is 18.2 Å². The SMILES string of the molecule is COCCNCc1ccccc1-n1cccn1. The van der Waals surface area contributed by atoms with Gasteiger partial charge in [0.2, 0.25) is 0 Å². The van der Waals surface area contributed by atoms with Crippen LogP contribution in [-0.2, 0) is 11.3 Å². The van der Waals surface area contributed by atoms with E-state index in [4.69, 9.17) is 4.74 Å². The molecule has 1 heterocycles. The van der Waals surface area contributed by atoms with Crippen LogP contribution in [0.3, 0.4) is 0 Å². The number of benzene rings is 1. The summed E-state index contributed by atoms with van der Waals surface area (Å²) in [7, 11) is 1.71. The normalized spacial score (nSPS) is 10.6. The molecule has 1 N–H and O–H groups in total. The third kappa shape index (κ3) is 3.15. The summed E-state index contributed by atoms with van der Waals surface area (Å²) in [4.78, 5) is 0. The van der Waals surface area contributed by atoms with Crippen molar-refractivity contribution >= 4 is 0 Å². The van der Waals surface area contributed by atoms with E-state index in [0.29, 0.717) is 0 Å². The van der Waals surface area contributed by atoms with E-state index < -0.39 is 0 Å². The minimum Gasteiger partial charge on any atom is -0.383 e. The molecule has 1 aromatic heterocycles. The van der Waals surface area contributed by atoms with Crippen LogP contribution < -0.4 is 5.32 Å². The standard InChI is InChI=1S/C13H17N3O/c1-17-10-8-14-11-12-5-2-3-6-13(12)16-9-4-7-15-16/h2-7,9,14H,8,10-11H2,1H3. The third-order valence-electron chi connectivity index (χ3n) is 2.54. The van der Waals surface area contributed by atoms with E-state index in [1.54, 1.807) is 13.3 Å². The van der Waals surface area contributed by atoms with Crippen molar-refractivity contribution in [2.45, 2.75) is 6.54 Å². The minimum atomic E-state index is 0.726. The summed E-state index contributed by atoms with van der Waals surface area (Å²) >= 11 is 0. The van der Waals surface area contributed by atoms with E-state index in [1.165, 1.54) is 5.56 Å². The number of hydrogen-bond donors (Lipinski definition) is 1. The molecule has 0 atom stereocenters. The molecule has 0 aliphatic heterocycles. The first-order valence-corrected chi connectivity index (χ1v) is 5.69. The second-order valence-electron chi connectivity index (χ2n) is 3.75. The van der Waals surface area contributed by atoms with Crippen LogP contribution in [-0.4, -0.2) is 30.0 Å². The van der Waals surface area contributed by atoms with Crippen LogP contribution in [0.25, 0.3) is 5.69 Å². The van der Waals surface area contributed by atoms with E-state index in [9.17, 15) is 0 Å². The molecule has 2 aromatic rings. The fourth-order valence-corrected chi connectivity index (χ4v) is 1.69. The maximum absolute atomic E-state index is 5.00. The average Bonchev–Trinajstić information content (AvgIpc) is 2.89. The molecule has 4 nitrogen and oxygen atoms in total. The summed E-state index contributed by atoms with van der Waals surface area (Å²) in [6.45, 7) is 2.40. The predicted octanol–water partition coefficient (Wildman–Crippen LogP) is 1.61. The molecular weight excluding hydrogens is 214 g/mol. The van der Waals surface area contributed by atoms with Crippen molar-refractivity contribution in [3.63, 3.8) is 0 Å². The van der Waals surface area contributed by atoms with Gasteiger partial charge in [-0.05, 0) is 17.7 Å². The van der Waals surface area contributed by atoms with Crippen LogP contribution >= 0.6 is 0 Å². The summed E-state index contributed by atoms with van der Waals surface area (Å²) in [5.74, 6) is 0. The van der Waals surface area contributed by atoms with Crippen molar-refractivity contribution in [3.8, 4) is 5.69 Å². The van der Waals surface area contributed by atoms with Crippen LogP contribution in [0.2, 0.25) is 0 Å². The topological polar surface area (TPSA) is 39.1 Å². The first kappa shape index (κ1) is 11.8. The molecule has 0 aliphatic carbocycles. The van der Waals surface area contributed by atoms with Crippen LogP contribution in [0, 0.1) is 0 Å². The van der Waals surface area contributed by atoms with Crippen molar-refractivity contribution in [1.82, 2.24) is 15.1 Å². The number of para-hydroxylation sites is 1. The Bertz CT molecular complexity index is 440. The number of ether oxygens (including phenoxy) is 1. The highest BCUT2D eigenvalue weighted by atomic mass is 16.5. The molecule has 0 amide bonds. The number of nitrogens with one attached hydrogen (secondary N) is 1. The number of hydrogen-bond acceptors (Lipinski definition) is 3. The molecular formula is C13H17N3O. The molecule has 17 heavy (non-hydrogen) atoms. The highest BCUT2D eigenvalue weighted by molar-refractivity contribution is 5.40. The zero-order valence-corrected chi connectivity index (χ0v) is 9.97. The van der Waals surface area contributed by atoms with Gasteiger partial charge in [0.1, 0.15) is 0 Å². The van der Waals surface area contributed by atoms with Gasteiger partial charge in [0.05, 0.1) is 12.3 Å². The van der Waals surface area contributed by atoms with E-state index >= 15 is 0 Å². The predicted molar refractivity (Wildman–Crippen MR) is 67.1 cm³/mol. The lowest BCUT2D eigenvalue weighted by molar-refractivity contribution is 0.199. The lowest BCUT2D eigenvalue weighted by atomic mass is 10.2. The Morgan fingerprint density at radius 2 is 2.18 bits per heavy atom. The van der Waals surface area contributed by atoms with Gasteiger partial charge in [0, 0.05) is 32.6 Å². The number of methoxy groups -OCH3 is 1. The van der Waals surface area contributed by atoms with Crippen LogP contribution in [0.5, 0.6) is 0 Å². The van der Waals surface area contributed by atoms with E-state index in [2.05, 4.69) is 22.5 Å². The van der Waals surface area contributed by atoms with Gasteiger partial charge in [0.25, 0.3) is 0 Å². The van der Waals surface area contributed by atoms with Gasteiger partial charge >= 0.3 is 0 Å². The summed E-state index contributed by atoms with van der Waals surface area (Å²) in [6.07, 6.45) is 3.74. The van der Waals surface area contributed by atoms with E-state index in [1.807, 2.05) is 29.1 Å². The number of rotatable bonds is 6. The van der Waals surface area contributed by atoms with Gasteiger partial charge in [-0.3, -0.25) is 0 Å². The Morgan fingerprint density at radius 1 is 1.29 bits per heavy atom. The van der Waals surface area contributed by atoms with Crippen molar-refractivity contribution in [2.24, 2.45) is 0 Å². The average molecular weight is 231 g/mol. The minimum absolute atomic E-state index is 0.726. The van der Waals surface area contributed by atoms with Gasteiger partial charge in [-0.25, -0.2) is 4.68 Å². The van der Waals surface area contributed by atoms with Crippen LogP contribution in [0.15, 0.2) is 42.7 Å². The Kier molecular flexibility index (Phi) is 4.30. The van der Waals surface area contributed by atoms with Crippen molar-refractivity contribution < 1.29 is 4.74 Å². The van der Waals surface area contributed by atoms with Crippen LogP contribution in [0.1, 0.15) is 5.56 Å². The van der Waals surface area contributed by atoms with E-state index in [0.717, 1.165) is 25.4 Å². The lowest BCUT2D eigenvalue weighted by Gasteiger charge is -2.10. The zero-order chi connectivity index (χ0) is 11.9. The zero-order valence-electron chi connectivity index (χ0n) is 9.97. The van der Waals surface area contributed by atoms with Crippen molar-refractivity contribution in [2.75, 3.05) is 20.3 Å². The van der Waals surface area contributed by atoms with Crippen molar-refractivity contribution in [3.05, 3.63) is 48.3 Å². The van der Waals surface area contributed by atoms with Gasteiger partial charge in [-0.15, -0.1) is 0 Å². The Balaban J connectivity index is 2.06. The Labute approximate surface area is 101 Å². The number of nitrogens with zero attached hydrogens (tertiary/aromatic N) is 2. The maximum Gasteiger partial charge on any atom is 0.0690 e. The fraction of sp³-hybridized carbons (Fsp3) is 0.308. The Morgan fingerprint density at radius 3 is 2.94 bits per heavy atom. The molecule has 0 unspecified atom stereocenters. The quantitative estimate of drug-likeness (QED) is 0.768. The molecule has 0 spiro atoms. The monoisotopic (exact) mass is 231 g/mol. The Hall–Kier alpha value is -1.65. The number of aromatic nitrogens is 2. The van der Waals surface area contributed by atoms with Gasteiger partial charge in [-0.2, -0.15) is 5.10 Å². The van der Waals surface area contributed by atoms with Gasteiger partial charge in [0.15, 0.2) is 0 Å². The highest BCUT2D eigenvalue weighted by Gasteiger charge is 2.03. The molecule has 4 heteroatoms. The third-order valence-corrected chi connectivity index (χ3v) is 2.54. The molecule has 2 rings (SSSR count). The molecule has 90 valence electrons. The molecule has 0 aliphatic rings. The van der Waals surface area contributed by atoms with E-state index in [-0.39, 0.29) is 0 Å². The summed E-state index contributed by atoms with van der Waals surface area (Å²) in [6, 6.07) is 10.2. The molecule has 1 aromatic carbocycles. The maximum atomic E-state index is 5.00. The first-order chi connectivity index (χ1) is 8.42. The summed E-state index contributed by atoms with van der Waals surface area (Å²) < 4.78 is 6.88. The molecule has 0 bridgehead atoms.